The smallest absolute Gasteiger partial charge is 0.377 e. The molecule has 0 radical (unpaired) electrons. The number of halogens is 1. The van der Waals surface area contributed by atoms with E-state index in [1.807, 2.05) is 12.1 Å². The summed E-state index contributed by atoms with van der Waals surface area (Å²) in [6, 6.07) is 7.21. The van der Waals surface area contributed by atoms with E-state index in [9.17, 15) is 4.79 Å². The normalized spacial score (nSPS) is 9.58. The number of ether oxygens (including phenoxy) is 1. The fourth-order valence-electron chi connectivity index (χ4n) is 1.31. The summed E-state index contributed by atoms with van der Waals surface area (Å²) in [4.78, 5) is 15.0. The molecule has 0 N–H and O–H groups in total. The lowest BCUT2D eigenvalue weighted by Crippen LogP contribution is -2.05. The summed E-state index contributed by atoms with van der Waals surface area (Å²) in [5.74, 6) is 5.34. The van der Waals surface area contributed by atoms with Crippen LogP contribution < -0.4 is 0 Å². The SMILES string of the molecule is COC(=O)c1ncn(CC#Cc2ccc(Cl)cc2)n1. The molecule has 0 spiro atoms. The van der Waals surface area contributed by atoms with Crippen molar-refractivity contribution >= 4 is 17.6 Å². The fourth-order valence-corrected chi connectivity index (χ4v) is 1.44. The van der Waals surface area contributed by atoms with Crippen LogP contribution in [0.1, 0.15) is 16.2 Å². The molecule has 0 saturated heterocycles. The zero-order chi connectivity index (χ0) is 13.7. The Balaban J connectivity index is 2.01. The summed E-state index contributed by atoms with van der Waals surface area (Å²) < 4.78 is 5.98. The lowest BCUT2D eigenvalue weighted by Gasteiger charge is -1.92. The van der Waals surface area contributed by atoms with E-state index in [4.69, 9.17) is 11.6 Å². The number of methoxy groups -OCH3 is 1. The van der Waals surface area contributed by atoms with Gasteiger partial charge in [-0.3, -0.25) is 0 Å². The predicted molar refractivity (Wildman–Crippen MR) is 69.7 cm³/mol. The molecule has 5 nitrogen and oxygen atoms in total. The highest BCUT2D eigenvalue weighted by Crippen LogP contribution is 2.08. The molecule has 1 heterocycles. The molecule has 0 atom stereocenters. The molecule has 0 aliphatic heterocycles. The van der Waals surface area contributed by atoms with Gasteiger partial charge in [0.1, 0.15) is 12.9 Å². The maximum Gasteiger partial charge on any atom is 0.377 e. The molecule has 0 saturated carbocycles. The second-order valence-electron chi connectivity index (χ2n) is 3.57. The molecule has 1 aromatic carbocycles. The Kier molecular flexibility index (Phi) is 4.16. The Morgan fingerprint density at radius 3 is 2.84 bits per heavy atom. The van der Waals surface area contributed by atoms with Crippen molar-refractivity contribution in [3.05, 3.63) is 47.0 Å². The lowest BCUT2D eigenvalue weighted by atomic mass is 10.2. The highest BCUT2D eigenvalue weighted by Gasteiger charge is 2.10. The van der Waals surface area contributed by atoms with Crippen LogP contribution in [0.2, 0.25) is 5.02 Å². The van der Waals surface area contributed by atoms with E-state index in [2.05, 4.69) is 26.7 Å². The predicted octanol–water partition coefficient (Wildman–Crippen LogP) is 1.77. The van der Waals surface area contributed by atoms with Gasteiger partial charge in [-0.2, -0.15) is 0 Å². The monoisotopic (exact) mass is 275 g/mol. The van der Waals surface area contributed by atoms with Crippen molar-refractivity contribution in [3.63, 3.8) is 0 Å². The third-order valence-electron chi connectivity index (χ3n) is 2.22. The van der Waals surface area contributed by atoms with Gasteiger partial charge < -0.3 is 4.74 Å². The second kappa shape index (κ2) is 6.03. The van der Waals surface area contributed by atoms with Crippen LogP contribution in [0.5, 0.6) is 0 Å². The molecule has 96 valence electrons. The standard InChI is InChI=1S/C13H10ClN3O2/c1-19-13(18)12-15-9-17(16-12)8-2-3-10-4-6-11(14)7-5-10/h4-7,9H,8H2,1H3. The third-order valence-corrected chi connectivity index (χ3v) is 2.47. The van der Waals surface area contributed by atoms with E-state index in [-0.39, 0.29) is 5.82 Å². The minimum atomic E-state index is -0.565. The van der Waals surface area contributed by atoms with Crippen LogP contribution in [0.15, 0.2) is 30.6 Å². The molecule has 2 aromatic rings. The fraction of sp³-hybridized carbons (Fsp3) is 0.154. The molecular weight excluding hydrogens is 266 g/mol. The maximum atomic E-state index is 11.1. The van der Waals surface area contributed by atoms with Crippen molar-refractivity contribution in [1.29, 1.82) is 0 Å². The van der Waals surface area contributed by atoms with Gasteiger partial charge in [-0.05, 0) is 24.3 Å². The number of esters is 1. The van der Waals surface area contributed by atoms with Crippen molar-refractivity contribution in [3.8, 4) is 11.8 Å². The lowest BCUT2D eigenvalue weighted by molar-refractivity contribution is 0.0586. The molecule has 0 unspecified atom stereocenters. The summed E-state index contributed by atoms with van der Waals surface area (Å²) in [6.07, 6.45) is 1.43. The van der Waals surface area contributed by atoms with E-state index in [1.54, 1.807) is 12.1 Å². The zero-order valence-corrected chi connectivity index (χ0v) is 10.9. The van der Waals surface area contributed by atoms with Gasteiger partial charge in [0.15, 0.2) is 0 Å². The van der Waals surface area contributed by atoms with Gasteiger partial charge in [-0.1, -0.05) is 23.4 Å². The van der Waals surface area contributed by atoms with Gasteiger partial charge in [0.25, 0.3) is 5.82 Å². The first-order valence-electron chi connectivity index (χ1n) is 5.41. The number of carbonyl (C=O) groups excluding carboxylic acids is 1. The average molecular weight is 276 g/mol. The van der Waals surface area contributed by atoms with Crippen LogP contribution in [-0.4, -0.2) is 27.8 Å². The first-order chi connectivity index (χ1) is 9.19. The largest absolute Gasteiger partial charge is 0.463 e. The van der Waals surface area contributed by atoms with Gasteiger partial charge in [0.2, 0.25) is 0 Å². The van der Waals surface area contributed by atoms with Gasteiger partial charge in [0.05, 0.1) is 7.11 Å². The van der Waals surface area contributed by atoms with Gasteiger partial charge in [-0.25, -0.2) is 14.5 Å². The van der Waals surface area contributed by atoms with Crippen LogP contribution in [0.25, 0.3) is 0 Å². The molecule has 0 bridgehead atoms. The topological polar surface area (TPSA) is 57.0 Å². The number of nitrogens with zero attached hydrogens (tertiary/aromatic N) is 3. The summed E-state index contributed by atoms with van der Waals surface area (Å²) in [5.41, 5.74) is 0.859. The molecule has 19 heavy (non-hydrogen) atoms. The number of benzene rings is 1. The van der Waals surface area contributed by atoms with Crippen molar-refractivity contribution in [2.45, 2.75) is 6.54 Å². The molecule has 6 heteroatoms. The number of aromatic nitrogens is 3. The highest BCUT2D eigenvalue weighted by molar-refractivity contribution is 6.30. The first kappa shape index (κ1) is 13.1. The van der Waals surface area contributed by atoms with E-state index >= 15 is 0 Å². The van der Waals surface area contributed by atoms with E-state index in [1.165, 1.54) is 18.1 Å². The van der Waals surface area contributed by atoms with E-state index in [0.717, 1.165) is 5.56 Å². The molecule has 1 aromatic heterocycles. The Morgan fingerprint density at radius 1 is 1.42 bits per heavy atom. The number of hydrogen-bond donors (Lipinski definition) is 0. The quantitative estimate of drug-likeness (QED) is 0.619. The van der Waals surface area contributed by atoms with E-state index < -0.39 is 5.97 Å². The average Bonchev–Trinajstić information content (AvgIpc) is 2.89. The van der Waals surface area contributed by atoms with Crippen LogP contribution in [0.3, 0.4) is 0 Å². The van der Waals surface area contributed by atoms with Crippen molar-refractivity contribution in [1.82, 2.24) is 14.8 Å². The van der Waals surface area contributed by atoms with Crippen LogP contribution >= 0.6 is 11.6 Å². The number of hydrogen-bond acceptors (Lipinski definition) is 4. The van der Waals surface area contributed by atoms with Crippen LogP contribution in [0.4, 0.5) is 0 Å². The molecule has 0 aliphatic carbocycles. The molecule has 2 rings (SSSR count). The van der Waals surface area contributed by atoms with Crippen molar-refractivity contribution in [2.75, 3.05) is 7.11 Å². The zero-order valence-electron chi connectivity index (χ0n) is 10.1. The third kappa shape index (κ3) is 3.57. The van der Waals surface area contributed by atoms with Gasteiger partial charge in [0, 0.05) is 10.6 Å². The summed E-state index contributed by atoms with van der Waals surface area (Å²) in [7, 11) is 1.28. The van der Waals surface area contributed by atoms with Crippen molar-refractivity contribution < 1.29 is 9.53 Å². The van der Waals surface area contributed by atoms with Crippen molar-refractivity contribution in [2.24, 2.45) is 0 Å². The Hall–Kier alpha value is -2.32. The number of rotatable bonds is 2. The number of carbonyl (C=O) groups is 1. The molecule has 0 aliphatic rings. The van der Waals surface area contributed by atoms with Gasteiger partial charge >= 0.3 is 5.97 Å². The summed E-state index contributed by atoms with van der Waals surface area (Å²) in [6.45, 7) is 0.340. The molecule has 0 amide bonds. The van der Waals surface area contributed by atoms with Crippen LogP contribution in [0, 0.1) is 11.8 Å². The second-order valence-corrected chi connectivity index (χ2v) is 4.00. The molecule has 0 fully saturated rings. The Bertz CT molecular complexity index is 638. The van der Waals surface area contributed by atoms with Gasteiger partial charge in [-0.15, -0.1) is 5.10 Å². The summed E-state index contributed by atoms with van der Waals surface area (Å²) >= 11 is 5.77. The summed E-state index contributed by atoms with van der Waals surface area (Å²) in [5, 5.41) is 4.60. The molecular formula is C13H10ClN3O2. The minimum absolute atomic E-state index is 0.0239. The minimum Gasteiger partial charge on any atom is -0.463 e. The maximum absolute atomic E-state index is 11.1. The highest BCUT2D eigenvalue weighted by atomic mass is 35.5. The van der Waals surface area contributed by atoms with Crippen LogP contribution in [-0.2, 0) is 11.3 Å². The Morgan fingerprint density at radius 2 is 2.16 bits per heavy atom. The first-order valence-corrected chi connectivity index (χ1v) is 5.79. The Labute approximate surface area is 115 Å². The van der Waals surface area contributed by atoms with E-state index in [0.29, 0.717) is 11.6 Å².